The summed E-state index contributed by atoms with van der Waals surface area (Å²) in [5.41, 5.74) is 2.36. The Morgan fingerprint density at radius 1 is 1.32 bits per heavy atom. The van der Waals surface area contributed by atoms with Gasteiger partial charge in [-0.15, -0.1) is 0 Å². The zero-order chi connectivity index (χ0) is 13.7. The first-order valence-electron chi connectivity index (χ1n) is 7.22. The monoisotopic (exact) mass is 260 g/mol. The van der Waals surface area contributed by atoms with E-state index in [1.54, 1.807) is 11.8 Å². The van der Waals surface area contributed by atoms with Gasteiger partial charge >= 0.3 is 0 Å². The Morgan fingerprint density at radius 3 is 2.74 bits per heavy atom. The Kier molecular flexibility index (Phi) is 4.83. The van der Waals surface area contributed by atoms with Crippen molar-refractivity contribution >= 4 is 11.6 Å². The van der Waals surface area contributed by atoms with Gasteiger partial charge in [-0.3, -0.25) is 4.79 Å². The number of rotatable bonds is 4. The Balaban J connectivity index is 1.96. The largest absolute Gasteiger partial charge is 0.382 e. The first-order chi connectivity index (χ1) is 9.15. The van der Waals surface area contributed by atoms with E-state index < -0.39 is 0 Å². The lowest BCUT2D eigenvalue weighted by molar-refractivity contribution is -0.128. The van der Waals surface area contributed by atoms with Crippen LogP contribution >= 0.6 is 0 Å². The molecular weight excluding hydrogens is 236 g/mol. The van der Waals surface area contributed by atoms with Crippen LogP contribution in [0.4, 0.5) is 5.69 Å². The van der Waals surface area contributed by atoms with E-state index in [2.05, 4.69) is 29.6 Å². The molecule has 0 heterocycles. The molecule has 0 spiro atoms. The van der Waals surface area contributed by atoms with E-state index in [1.807, 2.05) is 7.05 Å². The maximum absolute atomic E-state index is 11.3. The van der Waals surface area contributed by atoms with Crippen LogP contribution in [0.3, 0.4) is 0 Å². The number of carbonyl (C=O) groups is 1. The van der Waals surface area contributed by atoms with Crippen LogP contribution < -0.4 is 5.32 Å². The zero-order valence-corrected chi connectivity index (χ0v) is 12.0. The third-order valence-corrected chi connectivity index (χ3v) is 3.86. The molecule has 2 rings (SSSR count). The molecule has 0 bridgehead atoms. The maximum Gasteiger partial charge on any atom is 0.219 e. The predicted molar refractivity (Wildman–Crippen MR) is 79.1 cm³/mol. The average Bonchev–Trinajstić information content (AvgIpc) is 2.40. The summed E-state index contributed by atoms with van der Waals surface area (Å²) in [5, 5.41) is 3.62. The lowest BCUT2D eigenvalue weighted by atomic mass is 9.95. The summed E-state index contributed by atoms with van der Waals surface area (Å²) >= 11 is 0. The Morgan fingerprint density at radius 2 is 2.05 bits per heavy atom. The number of benzene rings is 1. The van der Waals surface area contributed by atoms with Crippen molar-refractivity contribution in [3.8, 4) is 0 Å². The van der Waals surface area contributed by atoms with Crippen LogP contribution in [0.2, 0.25) is 0 Å². The fourth-order valence-corrected chi connectivity index (χ4v) is 2.63. The molecule has 0 atom stereocenters. The highest BCUT2D eigenvalue weighted by molar-refractivity contribution is 5.72. The van der Waals surface area contributed by atoms with Crippen LogP contribution in [0, 0.1) is 0 Å². The molecule has 1 saturated carbocycles. The van der Waals surface area contributed by atoms with Gasteiger partial charge in [0.25, 0.3) is 0 Å². The molecule has 104 valence electrons. The van der Waals surface area contributed by atoms with Crippen LogP contribution in [0.25, 0.3) is 0 Å². The number of carbonyl (C=O) groups excluding carboxylic acids is 1. The summed E-state index contributed by atoms with van der Waals surface area (Å²) < 4.78 is 0. The highest BCUT2D eigenvalue weighted by Crippen LogP contribution is 2.22. The predicted octanol–water partition coefficient (Wildman–Crippen LogP) is 3.41. The van der Waals surface area contributed by atoms with E-state index >= 15 is 0 Å². The van der Waals surface area contributed by atoms with Crippen molar-refractivity contribution in [2.24, 2.45) is 0 Å². The van der Waals surface area contributed by atoms with Crippen molar-refractivity contribution in [2.75, 3.05) is 12.4 Å². The van der Waals surface area contributed by atoms with Crippen molar-refractivity contribution in [1.29, 1.82) is 0 Å². The highest BCUT2D eigenvalue weighted by Gasteiger charge is 2.13. The van der Waals surface area contributed by atoms with Crippen LogP contribution in [-0.4, -0.2) is 23.9 Å². The SMILES string of the molecule is CC(=O)N(C)Cc1cccc(NC2CCCCC2)c1. The quantitative estimate of drug-likeness (QED) is 0.899. The van der Waals surface area contributed by atoms with Crippen molar-refractivity contribution in [1.82, 2.24) is 4.90 Å². The molecule has 1 fully saturated rings. The smallest absolute Gasteiger partial charge is 0.219 e. The number of nitrogens with one attached hydrogen (secondary N) is 1. The summed E-state index contributed by atoms with van der Waals surface area (Å²) in [4.78, 5) is 13.0. The molecular formula is C16H24N2O. The van der Waals surface area contributed by atoms with E-state index in [0.717, 1.165) is 0 Å². The number of hydrogen-bond acceptors (Lipinski definition) is 2. The molecule has 1 amide bonds. The van der Waals surface area contributed by atoms with Gasteiger partial charge < -0.3 is 10.2 Å². The molecule has 1 aromatic rings. The number of hydrogen-bond donors (Lipinski definition) is 1. The highest BCUT2D eigenvalue weighted by atomic mass is 16.2. The van der Waals surface area contributed by atoms with Gasteiger partial charge in [0, 0.05) is 32.2 Å². The second-order valence-corrected chi connectivity index (χ2v) is 5.55. The lowest BCUT2D eigenvalue weighted by Crippen LogP contribution is -2.24. The third kappa shape index (κ3) is 4.27. The average molecular weight is 260 g/mol. The Hall–Kier alpha value is -1.51. The zero-order valence-electron chi connectivity index (χ0n) is 12.0. The number of anilines is 1. The second-order valence-electron chi connectivity index (χ2n) is 5.55. The fourth-order valence-electron chi connectivity index (χ4n) is 2.63. The lowest BCUT2D eigenvalue weighted by Gasteiger charge is -2.24. The molecule has 3 heteroatoms. The van der Waals surface area contributed by atoms with Crippen molar-refractivity contribution in [2.45, 2.75) is 51.6 Å². The van der Waals surface area contributed by atoms with Gasteiger partial charge in [0.2, 0.25) is 5.91 Å². The maximum atomic E-state index is 11.3. The van der Waals surface area contributed by atoms with Gasteiger partial charge in [0.15, 0.2) is 0 Å². The molecule has 1 N–H and O–H groups in total. The van der Waals surface area contributed by atoms with Gasteiger partial charge in [-0.05, 0) is 30.5 Å². The van der Waals surface area contributed by atoms with Gasteiger partial charge in [-0.25, -0.2) is 0 Å². The molecule has 1 aromatic carbocycles. The Bertz CT molecular complexity index is 425. The van der Waals surface area contributed by atoms with Gasteiger partial charge in [0.1, 0.15) is 0 Å². The van der Waals surface area contributed by atoms with Crippen molar-refractivity contribution in [3.63, 3.8) is 0 Å². The van der Waals surface area contributed by atoms with Gasteiger partial charge in [-0.1, -0.05) is 31.4 Å². The van der Waals surface area contributed by atoms with E-state index in [4.69, 9.17) is 0 Å². The molecule has 1 aliphatic rings. The third-order valence-electron chi connectivity index (χ3n) is 3.86. The number of nitrogens with zero attached hydrogens (tertiary/aromatic N) is 1. The summed E-state index contributed by atoms with van der Waals surface area (Å²) in [5.74, 6) is 0.102. The normalized spacial score (nSPS) is 16.1. The van der Waals surface area contributed by atoms with E-state index in [0.29, 0.717) is 12.6 Å². The fraction of sp³-hybridized carbons (Fsp3) is 0.562. The van der Waals surface area contributed by atoms with Crippen LogP contribution in [0.15, 0.2) is 24.3 Å². The van der Waals surface area contributed by atoms with Crippen LogP contribution in [-0.2, 0) is 11.3 Å². The summed E-state index contributed by atoms with van der Waals surface area (Å²) in [6.45, 7) is 2.28. The van der Waals surface area contributed by atoms with Crippen molar-refractivity contribution in [3.05, 3.63) is 29.8 Å². The van der Waals surface area contributed by atoms with Crippen molar-refractivity contribution < 1.29 is 4.79 Å². The van der Waals surface area contributed by atoms with E-state index in [1.165, 1.54) is 43.4 Å². The molecule has 1 aliphatic carbocycles. The van der Waals surface area contributed by atoms with Gasteiger partial charge in [0.05, 0.1) is 0 Å². The molecule has 0 radical (unpaired) electrons. The minimum atomic E-state index is 0.102. The molecule has 19 heavy (non-hydrogen) atoms. The molecule has 3 nitrogen and oxygen atoms in total. The second kappa shape index (κ2) is 6.60. The topological polar surface area (TPSA) is 32.3 Å². The van der Waals surface area contributed by atoms with E-state index in [-0.39, 0.29) is 5.91 Å². The first-order valence-corrected chi connectivity index (χ1v) is 7.22. The number of amides is 1. The minimum absolute atomic E-state index is 0.102. The Labute approximate surface area is 116 Å². The molecule has 0 aromatic heterocycles. The first kappa shape index (κ1) is 13.9. The van der Waals surface area contributed by atoms with Gasteiger partial charge in [-0.2, -0.15) is 0 Å². The van der Waals surface area contributed by atoms with Crippen LogP contribution in [0.5, 0.6) is 0 Å². The summed E-state index contributed by atoms with van der Waals surface area (Å²) in [6.07, 6.45) is 6.60. The molecule has 0 saturated heterocycles. The standard InChI is InChI=1S/C16H24N2O/c1-13(19)18(2)12-14-7-6-10-16(11-14)17-15-8-4-3-5-9-15/h6-7,10-11,15,17H,3-5,8-9,12H2,1-2H3. The summed E-state index contributed by atoms with van der Waals surface area (Å²) in [6, 6.07) is 9.04. The summed E-state index contributed by atoms with van der Waals surface area (Å²) in [7, 11) is 1.84. The molecule has 0 aliphatic heterocycles. The minimum Gasteiger partial charge on any atom is -0.382 e. The van der Waals surface area contributed by atoms with E-state index in [9.17, 15) is 4.79 Å². The molecule has 0 unspecified atom stereocenters. The van der Waals surface area contributed by atoms with Crippen LogP contribution in [0.1, 0.15) is 44.6 Å².